The number of nitrogens with zero attached hydrogens (tertiary/aromatic N) is 1. The van der Waals surface area contributed by atoms with Crippen LogP contribution in [0.25, 0.3) is 0 Å². The van der Waals surface area contributed by atoms with E-state index in [9.17, 15) is 9.59 Å². The van der Waals surface area contributed by atoms with Crippen molar-refractivity contribution in [3.8, 4) is 0 Å². The predicted molar refractivity (Wildman–Crippen MR) is 119 cm³/mol. The number of piperidine rings is 1. The van der Waals surface area contributed by atoms with Gasteiger partial charge in [0.1, 0.15) is 6.61 Å². The number of amides is 1. The van der Waals surface area contributed by atoms with Gasteiger partial charge in [-0.3, -0.25) is 4.79 Å². The van der Waals surface area contributed by atoms with E-state index in [1.165, 1.54) is 5.56 Å². The Hall–Kier alpha value is -2.66. The molecule has 1 heterocycles. The summed E-state index contributed by atoms with van der Waals surface area (Å²) in [5.41, 5.74) is 5.16. The van der Waals surface area contributed by atoms with Gasteiger partial charge in [0.2, 0.25) is 0 Å². The van der Waals surface area contributed by atoms with Crippen LogP contribution in [0.4, 0.5) is 5.69 Å². The van der Waals surface area contributed by atoms with E-state index < -0.39 is 0 Å². The number of likely N-dealkylation sites (tertiary alicyclic amines) is 1. The predicted octanol–water partition coefficient (Wildman–Crippen LogP) is 4.29. The maximum atomic E-state index is 13.0. The topological polar surface area (TPSA) is 55.4 Å². The Kier molecular flexibility index (Phi) is 7.27. The monoisotopic (exact) mass is 409 g/mol. The van der Waals surface area contributed by atoms with Gasteiger partial charge in [0, 0.05) is 5.69 Å². The van der Waals surface area contributed by atoms with Crippen molar-refractivity contribution in [1.29, 1.82) is 0 Å². The lowest BCUT2D eigenvalue weighted by Gasteiger charge is -2.40. The Morgan fingerprint density at radius 1 is 0.933 bits per heavy atom. The van der Waals surface area contributed by atoms with Gasteiger partial charge in [-0.05, 0) is 56.7 Å². The minimum absolute atomic E-state index is 0.0391. The van der Waals surface area contributed by atoms with Crippen LogP contribution < -0.4 is 5.32 Å². The fourth-order valence-corrected chi connectivity index (χ4v) is 4.47. The number of rotatable bonds is 7. The van der Waals surface area contributed by atoms with Gasteiger partial charge >= 0.3 is 5.97 Å². The van der Waals surface area contributed by atoms with E-state index in [4.69, 9.17) is 4.74 Å². The lowest BCUT2D eigenvalue weighted by atomic mass is 10.0. The molecule has 1 aliphatic rings. The zero-order valence-corrected chi connectivity index (χ0v) is 18.4. The third-order valence-corrected chi connectivity index (χ3v) is 5.89. The molecular weight excluding hydrogens is 376 g/mol. The van der Waals surface area contributed by atoms with Crippen molar-refractivity contribution in [2.24, 2.45) is 0 Å². The second-order valence-electron chi connectivity index (χ2n) is 8.63. The minimum Gasteiger partial charge on any atom is -0.457 e. The van der Waals surface area contributed by atoms with Gasteiger partial charge < -0.3 is 14.5 Å². The molecule has 1 fully saturated rings. The first kappa shape index (κ1) is 22.0. The molecule has 0 spiro atoms. The number of hydrogen-bond donors (Lipinski definition) is 1. The molecule has 30 heavy (non-hydrogen) atoms. The Labute approximate surface area is 179 Å². The number of ether oxygens (including phenoxy) is 1. The van der Waals surface area contributed by atoms with Crippen LogP contribution in [-0.4, -0.2) is 42.5 Å². The molecule has 2 aromatic carbocycles. The second-order valence-corrected chi connectivity index (χ2v) is 8.63. The largest absolute Gasteiger partial charge is 0.457 e. The van der Waals surface area contributed by atoms with Crippen molar-refractivity contribution in [2.45, 2.75) is 46.6 Å². The SMILES string of the molecule is Cc1cc(C)c(NC(=O)C[N+]2(CC(=O)OCc3ccccc3)CCCCC2)c(C)c1. The summed E-state index contributed by atoms with van der Waals surface area (Å²) in [6, 6.07) is 13.8. The highest BCUT2D eigenvalue weighted by Crippen LogP contribution is 2.23. The van der Waals surface area contributed by atoms with Crippen LogP contribution in [0.15, 0.2) is 42.5 Å². The number of aryl methyl sites for hydroxylation is 3. The quantitative estimate of drug-likeness (QED) is 0.548. The van der Waals surface area contributed by atoms with E-state index in [2.05, 4.69) is 24.4 Å². The smallest absolute Gasteiger partial charge is 0.362 e. The molecule has 5 nitrogen and oxygen atoms in total. The highest BCUT2D eigenvalue weighted by molar-refractivity contribution is 5.93. The first-order chi connectivity index (χ1) is 14.4. The van der Waals surface area contributed by atoms with E-state index in [-0.39, 0.29) is 25.0 Å². The van der Waals surface area contributed by atoms with E-state index in [1.54, 1.807) is 0 Å². The minimum atomic E-state index is -0.240. The van der Waals surface area contributed by atoms with Crippen LogP contribution in [0.3, 0.4) is 0 Å². The average molecular weight is 410 g/mol. The number of hydrogen-bond acceptors (Lipinski definition) is 3. The molecule has 0 unspecified atom stereocenters. The number of carbonyl (C=O) groups excluding carboxylic acids is 2. The first-order valence-electron chi connectivity index (χ1n) is 10.8. The highest BCUT2D eigenvalue weighted by Gasteiger charge is 2.35. The molecule has 0 saturated carbocycles. The molecule has 1 saturated heterocycles. The Morgan fingerprint density at radius 2 is 1.57 bits per heavy atom. The van der Waals surface area contributed by atoms with Gasteiger partial charge in [-0.15, -0.1) is 0 Å². The molecule has 2 aromatic rings. The molecule has 1 aliphatic heterocycles. The van der Waals surface area contributed by atoms with Crippen molar-refractivity contribution in [3.63, 3.8) is 0 Å². The number of benzene rings is 2. The lowest BCUT2D eigenvalue weighted by Crippen LogP contribution is -2.57. The van der Waals surface area contributed by atoms with Gasteiger partial charge in [0.15, 0.2) is 13.1 Å². The number of carbonyl (C=O) groups is 2. The third-order valence-electron chi connectivity index (χ3n) is 5.89. The second kappa shape index (κ2) is 9.90. The summed E-state index contributed by atoms with van der Waals surface area (Å²) < 4.78 is 6.00. The van der Waals surface area contributed by atoms with Crippen molar-refractivity contribution in [2.75, 3.05) is 31.5 Å². The van der Waals surface area contributed by atoms with Gasteiger partial charge in [-0.25, -0.2) is 4.79 Å². The maximum Gasteiger partial charge on any atom is 0.362 e. The van der Waals surface area contributed by atoms with Crippen LogP contribution in [0.2, 0.25) is 0 Å². The van der Waals surface area contributed by atoms with Crippen LogP contribution in [0.1, 0.15) is 41.5 Å². The zero-order chi connectivity index (χ0) is 21.6. The summed E-state index contributed by atoms with van der Waals surface area (Å²) in [6.45, 7) is 8.57. The molecule has 1 N–H and O–H groups in total. The summed E-state index contributed by atoms with van der Waals surface area (Å²) in [5, 5.41) is 3.10. The highest BCUT2D eigenvalue weighted by atomic mass is 16.5. The van der Waals surface area contributed by atoms with Crippen molar-refractivity contribution >= 4 is 17.6 Å². The average Bonchev–Trinajstić information content (AvgIpc) is 2.70. The molecule has 1 amide bonds. The molecule has 0 aromatic heterocycles. The van der Waals surface area contributed by atoms with Crippen LogP contribution in [0.5, 0.6) is 0 Å². The van der Waals surface area contributed by atoms with Gasteiger partial charge in [0.05, 0.1) is 13.1 Å². The Bertz CT molecular complexity index is 864. The summed E-state index contributed by atoms with van der Waals surface area (Å²) in [4.78, 5) is 25.6. The fourth-order valence-electron chi connectivity index (χ4n) is 4.47. The number of quaternary nitrogens is 1. The van der Waals surface area contributed by atoms with E-state index in [0.29, 0.717) is 11.0 Å². The summed E-state index contributed by atoms with van der Waals surface area (Å²) in [7, 11) is 0. The molecule has 0 aliphatic carbocycles. The first-order valence-corrected chi connectivity index (χ1v) is 10.8. The lowest BCUT2D eigenvalue weighted by molar-refractivity contribution is -0.918. The zero-order valence-electron chi connectivity index (χ0n) is 18.4. The molecule has 0 atom stereocenters. The standard InChI is InChI=1S/C25H32N2O3/c1-19-14-20(2)25(21(3)15-19)26-23(28)16-27(12-8-5-9-13-27)17-24(29)30-18-22-10-6-4-7-11-22/h4,6-7,10-11,14-15H,5,8-9,12-13,16-18H2,1-3H3/p+1. The maximum absolute atomic E-state index is 13.0. The summed E-state index contributed by atoms with van der Waals surface area (Å²) in [5.74, 6) is -0.279. The van der Waals surface area contributed by atoms with Crippen LogP contribution in [0, 0.1) is 20.8 Å². The normalized spacial score (nSPS) is 15.4. The molecule has 0 radical (unpaired) electrons. The summed E-state index contributed by atoms with van der Waals surface area (Å²) >= 11 is 0. The van der Waals surface area contributed by atoms with E-state index >= 15 is 0 Å². The van der Waals surface area contributed by atoms with Crippen molar-refractivity contribution in [3.05, 3.63) is 64.7 Å². The Balaban J connectivity index is 1.64. The van der Waals surface area contributed by atoms with E-state index in [1.807, 2.05) is 44.2 Å². The van der Waals surface area contributed by atoms with Gasteiger partial charge in [-0.2, -0.15) is 0 Å². The van der Waals surface area contributed by atoms with Crippen molar-refractivity contribution < 1.29 is 18.8 Å². The number of nitrogens with one attached hydrogen (secondary N) is 1. The molecule has 0 bridgehead atoms. The number of anilines is 1. The molecule has 160 valence electrons. The fraction of sp³-hybridized carbons (Fsp3) is 0.440. The summed E-state index contributed by atoms with van der Waals surface area (Å²) in [6.07, 6.45) is 3.21. The van der Waals surface area contributed by atoms with Crippen LogP contribution in [-0.2, 0) is 20.9 Å². The molecule has 3 rings (SSSR count). The van der Waals surface area contributed by atoms with Gasteiger partial charge in [0.25, 0.3) is 5.91 Å². The van der Waals surface area contributed by atoms with Gasteiger partial charge in [-0.1, -0.05) is 48.0 Å². The van der Waals surface area contributed by atoms with E-state index in [0.717, 1.165) is 54.7 Å². The van der Waals surface area contributed by atoms with Crippen LogP contribution >= 0.6 is 0 Å². The molecule has 5 heteroatoms. The Morgan fingerprint density at radius 3 is 2.20 bits per heavy atom. The third kappa shape index (κ3) is 5.92. The molecular formula is C25H33N2O3+. The van der Waals surface area contributed by atoms with Crippen molar-refractivity contribution in [1.82, 2.24) is 0 Å². The number of esters is 1.